The van der Waals surface area contributed by atoms with Crippen molar-refractivity contribution in [3.63, 3.8) is 0 Å². The quantitative estimate of drug-likeness (QED) is 0.498. The van der Waals surface area contributed by atoms with E-state index in [0.29, 0.717) is 39.5 Å². The van der Waals surface area contributed by atoms with Crippen molar-refractivity contribution in [1.82, 2.24) is 4.90 Å². The lowest BCUT2D eigenvalue weighted by atomic mass is 10.3. The molecule has 0 bridgehead atoms. The fourth-order valence-electron chi connectivity index (χ4n) is 1.30. The van der Waals surface area contributed by atoms with Crippen molar-refractivity contribution in [3.05, 3.63) is 0 Å². The Kier molecular flexibility index (Phi) is 11.3. The van der Waals surface area contributed by atoms with Crippen molar-refractivity contribution in [1.29, 1.82) is 0 Å². The number of methoxy groups -OCH3 is 2. The van der Waals surface area contributed by atoms with Crippen LogP contribution in [0.25, 0.3) is 0 Å². The largest absolute Gasteiger partial charge is 0.385 e. The monoisotopic (exact) mass is 248 g/mol. The molecule has 1 amide bonds. The van der Waals surface area contributed by atoms with E-state index in [1.165, 1.54) is 0 Å². The second-order valence-corrected chi connectivity index (χ2v) is 3.56. The van der Waals surface area contributed by atoms with Crippen molar-refractivity contribution in [2.45, 2.75) is 6.42 Å². The molecule has 6 heteroatoms. The van der Waals surface area contributed by atoms with Crippen molar-refractivity contribution < 1.29 is 19.0 Å². The highest BCUT2D eigenvalue weighted by molar-refractivity contribution is 5.77. The summed E-state index contributed by atoms with van der Waals surface area (Å²) in [6.45, 7) is 3.30. The molecule has 0 radical (unpaired) electrons. The molecule has 2 N–H and O–H groups in total. The van der Waals surface area contributed by atoms with Gasteiger partial charge in [0.15, 0.2) is 0 Å². The zero-order chi connectivity index (χ0) is 12.9. The number of amides is 1. The number of carbonyl (C=O) groups is 1. The van der Waals surface area contributed by atoms with E-state index in [1.807, 2.05) is 0 Å². The van der Waals surface area contributed by atoms with E-state index in [2.05, 4.69) is 0 Å². The lowest BCUT2D eigenvalue weighted by molar-refractivity contribution is -0.136. The molecule has 0 aromatic carbocycles. The van der Waals surface area contributed by atoms with E-state index in [9.17, 15) is 4.79 Å². The van der Waals surface area contributed by atoms with Gasteiger partial charge >= 0.3 is 0 Å². The number of hydrogen-bond donors (Lipinski definition) is 1. The molecule has 0 aliphatic rings. The molecule has 6 nitrogen and oxygen atoms in total. The first kappa shape index (κ1) is 16.3. The summed E-state index contributed by atoms with van der Waals surface area (Å²) in [6, 6.07) is 0. The van der Waals surface area contributed by atoms with Crippen LogP contribution in [-0.2, 0) is 19.0 Å². The first-order valence-corrected chi connectivity index (χ1v) is 5.79. The molecule has 0 heterocycles. The topological polar surface area (TPSA) is 74.0 Å². The third-order valence-electron chi connectivity index (χ3n) is 2.18. The van der Waals surface area contributed by atoms with Crippen LogP contribution >= 0.6 is 0 Å². The maximum Gasteiger partial charge on any atom is 0.248 e. The third kappa shape index (κ3) is 9.05. The van der Waals surface area contributed by atoms with Crippen LogP contribution in [0.2, 0.25) is 0 Å². The smallest absolute Gasteiger partial charge is 0.248 e. The summed E-state index contributed by atoms with van der Waals surface area (Å²) in [5.41, 5.74) is 5.28. The van der Waals surface area contributed by atoms with Gasteiger partial charge in [-0.3, -0.25) is 4.79 Å². The van der Waals surface area contributed by atoms with Gasteiger partial charge in [-0.1, -0.05) is 0 Å². The first-order valence-electron chi connectivity index (χ1n) is 5.79. The molecular weight excluding hydrogens is 224 g/mol. The minimum Gasteiger partial charge on any atom is -0.385 e. The molecule has 0 saturated carbocycles. The summed E-state index contributed by atoms with van der Waals surface area (Å²) in [4.78, 5) is 13.5. The van der Waals surface area contributed by atoms with Gasteiger partial charge in [0, 0.05) is 40.5 Å². The molecule has 0 spiro atoms. The van der Waals surface area contributed by atoms with Crippen molar-refractivity contribution in [3.8, 4) is 0 Å². The van der Waals surface area contributed by atoms with E-state index in [4.69, 9.17) is 19.9 Å². The predicted octanol–water partition coefficient (Wildman–Crippen LogP) is -0.527. The van der Waals surface area contributed by atoms with Gasteiger partial charge in [0.1, 0.15) is 6.61 Å². The minimum atomic E-state index is -0.0356. The Balaban J connectivity index is 3.91. The van der Waals surface area contributed by atoms with E-state index >= 15 is 0 Å². The van der Waals surface area contributed by atoms with Crippen LogP contribution in [0, 0.1) is 0 Å². The molecule has 0 atom stereocenters. The Morgan fingerprint density at radius 1 is 1.12 bits per heavy atom. The highest BCUT2D eigenvalue weighted by Gasteiger charge is 2.12. The maximum atomic E-state index is 11.8. The highest BCUT2D eigenvalue weighted by atomic mass is 16.5. The van der Waals surface area contributed by atoms with Gasteiger partial charge in [0.05, 0.1) is 13.2 Å². The molecule has 0 aliphatic carbocycles. The van der Waals surface area contributed by atoms with Crippen LogP contribution < -0.4 is 5.73 Å². The lowest BCUT2D eigenvalue weighted by Crippen LogP contribution is -2.38. The molecule has 102 valence electrons. The summed E-state index contributed by atoms with van der Waals surface area (Å²) in [5.74, 6) is -0.0356. The van der Waals surface area contributed by atoms with E-state index in [0.717, 1.165) is 6.42 Å². The zero-order valence-electron chi connectivity index (χ0n) is 10.8. The van der Waals surface area contributed by atoms with E-state index < -0.39 is 0 Å². The average molecular weight is 248 g/mol. The Hall–Kier alpha value is -0.690. The Morgan fingerprint density at radius 3 is 2.41 bits per heavy atom. The average Bonchev–Trinajstić information content (AvgIpc) is 2.33. The zero-order valence-corrected chi connectivity index (χ0v) is 10.8. The van der Waals surface area contributed by atoms with Gasteiger partial charge in [-0.25, -0.2) is 0 Å². The SMILES string of the molecule is COCCCN(CCOC)C(=O)COCCN. The lowest BCUT2D eigenvalue weighted by Gasteiger charge is -2.22. The molecule has 17 heavy (non-hydrogen) atoms. The highest BCUT2D eigenvalue weighted by Crippen LogP contribution is 1.95. The number of nitrogens with two attached hydrogens (primary N) is 1. The van der Waals surface area contributed by atoms with E-state index in [1.54, 1.807) is 19.1 Å². The van der Waals surface area contributed by atoms with Gasteiger partial charge in [-0.15, -0.1) is 0 Å². The Labute approximate surface area is 103 Å². The van der Waals surface area contributed by atoms with Gasteiger partial charge in [-0.05, 0) is 6.42 Å². The van der Waals surface area contributed by atoms with Crippen LogP contribution in [0.3, 0.4) is 0 Å². The van der Waals surface area contributed by atoms with Gasteiger partial charge in [-0.2, -0.15) is 0 Å². The summed E-state index contributed by atoms with van der Waals surface area (Å²) in [5, 5.41) is 0. The summed E-state index contributed by atoms with van der Waals surface area (Å²) in [7, 11) is 3.26. The fourth-order valence-corrected chi connectivity index (χ4v) is 1.30. The van der Waals surface area contributed by atoms with Crippen LogP contribution in [0.15, 0.2) is 0 Å². The molecule has 0 fully saturated rings. The van der Waals surface area contributed by atoms with Crippen molar-refractivity contribution in [2.75, 3.05) is 60.3 Å². The molecule has 0 unspecified atom stereocenters. The second kappa shape index (κ2) is 11.8. The number of hydrogen-bond acceptors (Lipinski definition) is 5. The predicted molar refractivity (Wildman–Crippen MR) is 64.8 cm³/mol. The van der Waals surface area contributed by atoms with Gasteiger partial charge in [0.25, 0.3) is 0 Å². The molecule has 0 saturated heterocycles. The van der Waals surface area contributed by atoms with E-state index in [-0.39, 0.29) is 12.5 Å². The number of nitrogens with zero attached hydrogens (tertiary/aromatic N) is 1. The van der Waals surface area contributed by atoms with Crippen molar-refractivity contribution >= 4 is 5.91 Å². The van der Waals surface area contributed by atoms with Gasteiger partial charge < -0.3 is 24.8 Å². The number of rotatable bonds is 11. The minimum absolute atomic E-state index is 0.0356. The summed E-state index contributed by atoms with van der Waals surface area (Å²) in [6.07, 6.45) is 0.808. The maximum absolute atomic E-state index is 11.8. The normalized spacial score (nSPS) is 10.5. The molecule has 0 aromatic heterocycles. The van der Waals surface area contributed by atoms with Crippen LogP contribution in [0.5, 0.6) is 0 Å². The molecular formula is C11H24N2O4. The Morgan fingerprint density at radius 2 is 1.82 bits per heavy atom. The fraction of sp³-hybridized carbons (Fsp3) is 0.909. The molecule has 0 rings (SSSR count). The molecule has 0 aromatic rings. The first-order chi connectivity index (χ1) is 8.26. The second-order valence-electron chi connectivity index (χ2n) is 3.56. The summed E-state index contributed by atoms with van der Waals surface area (Å²) >= 11 is 0. The van der Waals surface area contributed by atoms with Crippen LogP contribution in [-0.4, -0.2) is 71.1 Å². The third-order valence-corrected chi connectivity index (χ3v) is 2.18. The van der Waals surface area contributed by atoms with Crippen LogP contribution in [0.1, 0.15) is 6.42 Å². The molecule has 0 aliphatic heterocycles. The Bertz CT molecular complexity index is 190. The summed E-state index contributed by atoms with van der Waals surface area (Å²) < 4.78 is 15.1. The van der Waals surface area contributed by atoms with Gasteiger partial charge in [0.2, 0.25) is 5.91 Å². The van der Waals surface area contributed by atoms with Crippen LogP contribution in [0.4, 0.5) is 0 Å². The van der Waals surface area contributed by atoms with Crippen molar-refractivity contribution in [2.24, 2.45) is 5.73 Å². The number of ether oxygens (including phenoxy) is 3. The number of carbonyl (C=O) groups excluding carboxylic acids is 1. The standard InChI is InChI=1S/C11H24N2O4/c1-15-7-3-5-13(6-9-16-2)11(14)10-17-8-4-12/h3-10,12H2,1-2H3.